The van der Waals surface area contributed by atoms with Gasteiger partial charge >= 0.3 is 15.4 Å². The minimum Gasteiger partial charge on any atom is -0.324 e. The maximum Gasteiger partial charge on any atom is 0.469 e. The molecule has 0 aromatic heterocycles. The van der Waals surface area contributed by atoms with Crippen LogP contribution in [0.2, 0.25) is 0 Å². The Balaban J connectivity index is 3.10. The molecule has 0 heterocycles. The van der Waals surface area contributed by atoms with E-state index < -0.39 is 15.4 Å². The van der Waals surface area contributed by atoms with Gasteiger partial charge in [-0.2, -0.15) is 0 Å². The first-order valence-electron chi connectivity index (χ1n) is 9.45. The van der Waals surface area contributed by atoms with Gasteiger partial charge in [-0.1, -0.05) is 77.0 Å². The summed E-state index contributed by atoms with van der Waals surface area (Å²) in [5.74, 6) is 0. The van der Waals surface area contributed by atoms with E-state index in [0.717, 1.165) is 38.5 Å². The minimum absolute atomic E-state index is 0.0176. The van der Waals surface area contributed by atoms with E-state index in [-0.39, 0.29) is 12.8 Å². The topological polar surface area (TPSA) is 124 Å². The Morgan fingerprint density at radius 1 is 0.520 bits per heavy atom. The first kappa shape index (κ1) is 25.3. The van der Waals surface area contributed by atoms with Gasteiger partial charge in [-0.05, 0) is 12.8 Å². The molecule has 0 spiro atoms. The van der Waals surface area contributed by atoms with Crippen LogP contribution in [0.3, 0.4) is 0 Å². The number of hydrogen-bond acceptors (Lipinski definition) is 3. The Bertz CT molecular complexity index is 356. The fourth-order valence-corrected chi connectivity index (χ4v) is 3.73. The Hall–Kier alpha value is 0.260. The molecule has 0 aliphatic rings. The van der Waals surface area contributed by atoms with Crippen molar-refractivity contribution in [3.05, 3.63) is 0 Å². The summed E-state index contributed by atoms with van der Waals surface area (Å²) in [6.45, 7) is 0.129. The zero-order valence-corrected chi connectivity index (χ0v) is 17.0. The summed E-state index contributed by atoms with van der Waals surface area (Å²) < 4.78 is 25.5. The van der Waals surface area contributed by atoms with Gasteiger partial charge < -0.3 is 19.6 Å². The van der Waals surface area contributed by atoms with Crippen LogP contribution in [-0.4, -0.2) is 32.3 Å². The summed E-state index contributed by atoms with van der Waals surface area (Å²) in [4.78, 5) is 34.5. The van der Waals surface area contributed by atoms with Gasteiger partial charge in [0.1, 0.15) is 0 Å². The molecule has 0 atom stereocenters. The molecule has 4 N–H and O–H groups in total. The summed E-state index contributed by atoms with van der Waals surface area (Å²) in [6.07, 6.45) is 15.0. The molecule has 0 saturated carbocycles. The van der Waals surface area contributed by atoms with Crippen LogP contribution < -0.4 is 0 Å². The molecular formula is C16H36O7P2. The summed E-state index contributed by atoms with van der Waals surface area (Å²) in [7, 11) is -8.09. The highest BCUT2D eigenvalue weighted by molar-refractivity contribution is 7.51. The Morgan fingerprint density at radius 3 is 1.16 bits per heavy atom. The van der Waals surface area contributed by atoms with Crippen LogP contribution in [0.25, 0.3) is 0 Å². The number of rotatable bonds is 18. The lowest BCUT2D eigenvalue weighted by Crippen LogP contribution is -1.92. The van der Waals surface area contributed by atoms with Gasteiger partial charge in [0.15, 0.2) is 0 Å². The summed E-state index contributed by atoms with van der Waals surface area (Å²) in [5.41, 5.74) is 0. The molecule has 25 heavy (non-hydrogen) atoms. The van der Waals surface area contributed by atoms with Crippen LogP contribution in [0.15, 0.2) is 0 Å². The molecule has 0 saturated heterocycles. The van der Waals surface area contributed by atoms with Crippen LogP contribution in [0.1, 0.15) is 89.9 Å². The lowest BCUT2D eigenvalue weighted by molar-refractivity contribution is 0.193. The van der Waals surface area contributed by atoms with E-state index in [1.807, 2.05) is 0 Å². The molecule has 0 rings (SSSR count). The van der Waals surface area contributed by atoms with E-state index in [4.69, 9.17) is 19.6 Å². The molecule has 0 amide bonds. The highest BCUT2D eigenvalue weighted by Crippen LogP contribution is 2.36. The first-order valence-corrected chi connectivity index (χ1v) is 12.8. The molecule has 0 aliphatic carbocycles. The first-order chi connectivity index (χ1) is 11.7. The number of hydrogen-bond donors (Lipinski definition) is 4. The van der Waals surface area contributed by atoms with Gasteiger partial charge in [0, 0.05) is 6.16 Å². The van der Waals surface area contributed by atoms with Gasteiger partial charge in [-0.25, -0.2) is 4.57 Å². The lowest BCUT2D eigenvalue weighted by atomic mass is 10.0. The molecule has 0 aromatic rings. The van der Waals surface area contributed by atoms with Gasteiger partial charge in [0.25, 0.3) is 0 Å². The van der Waals surface area contributed by atoms with Gasteiger partial charge in [0.2, 0.25) is 0 Å². The fraction of sp³-hybridized carbons (Fsp3) is 1.00. The van der Waals surface area contributed by atoms with Crippen molar-refractivity contribution in [3.8, 4) is 0 Å². The third-order valence-corrected chi connectivity index (χ3v) is 5.52. The van der Waals surface area contributed by atoms with Crippen molar-refractivity contribution in [2.24, 2.45) is 0 Å². The van der Waals surface area contributed by atoms with Gasteiger partial charge in [0.05, 0.1) is 6.61 Å². The third kappa shape index (κ3) is 24.3. The second-order valence-electron chi connectivity index (χ2n) is 6.66. The molecule has 0 aliphatic heterocycles. The number of phosphoric acid groups is 1. The van der Waals surface area contributed by atoms with Crippen molar-refractivity contribution in [2.75, 3.05) is 12.8 Å². The van der Waals surface area contributed by atoms with Crippen molar-refractivity contribution in [3.63, 3.8) is 0 Å². The van der Waals surface area contributed by atoms with E-state index in [1.54, 1.807) is 0 Å². The molecular weight excluding hydrogens is 366 g/mol. The van der Waals surface area contributed by atoms with E-state index >= 15 is 0 Å². The van der Waals surface area contributed by atoms with Crippen LogP contribution >= 0.6 is 15.4 Å². The van der Waals surface area contributed by atoms with Crippen LogP contribution in [0.4, 0.5) is 0 Å². The number of phosphoric ester groups is 1. The molecule has 0 bridgehead atoms. The predicted molar refractivity (Wildman–Crippen MR) is 99.5 cm³/mol. The molecule has 0 fully saturated rings. The lowest BCUT2D eigenvalue weighted by Gasteiger charge is -2.05. The monoisotopic (exact) mass is 402 g/mol. The van der Waals surface area contributed by atoms with Crippen molar-refractivity contribution >= 4 is 15.4 Å². The SMILES string of the molecule is O=P(O)(O)CCCCCCCCCCCCCCCCOP(=O)(O)O. The summed E-state index contributed by atoms with van der Waals surface area (Å²) in [6, 6.07) is 0. The predicted octanol–water partition coefficient (Wildman–Crippen LogP) is 4.73. The molecule has 0 radical (unpaired) electrons. The Kier molecular flexibility index (Phi) is 15.5. The average molecular weight is 402 g/mol. The molecule has 7 nitrogen and oxygen atoms in total. The zero-order valence-electron chi connectivity index (χ0n) is 15.2. The van der Waals surface area contributed by atoms with Crippen molar-refractivity contribution < 1.29 is 33.2 Å². The average Bonchev–Trinajstić information content (AvgIpc) is 2.48. The number of unbranched alkanes of at least 4 members (excludes halogenated alkanes) is 13. The molecule has 0 aromatic carbocycles. The summed E-state index contributed by atoms with van der Waals surface area (Å²) in [5, 5.41) is 0. The maximum absolute atomic E-state index is 10.7. The fourth-order valence-electron chi connectivity index (χ4n) is 2.72. The largest absolute Gasteiger partial charge is 0.469 e. The van der Waals surface area contributed by atoms with E-state index in [9.17, 15) is 9.13 Å². The second-order valence-corrected chi connectivity index (χ2v) is 9.68. The Labute approximate surface area is 152 Å². The highest BCUT2D eigenvalue weighted by atomic mass is 31.2. The minimum atomic E-state index is -4.29. The van der Waals surface area contributed by atoms with Crippen LogP contribution in [-0.2, 0) is 13.7 Å². The quantitative estimate of drug-likeness (QED) is 0.193. The van der Waals surface area contributed by atoms with Crippen molar-refractivity contribution in [1.82, 2.24) is 0 Å². The highest BCUT2D eigenvalue weighted by Gasteiger charge is 2.12. The van der Waals surface area contributed by atoms with E-state index in [0.29, 0.717) is 12.8 Å². The maximum atomic E-state index is 10.7. The molecule has 9 heteroatoms. The summed E-state index contributed by atoms with van der Waals surface area (Å²) >= 11 is 0. The standard InChI is InChI=1S/C16H36O7P2/c17-24(18,19)16-14-12-10-8-6-4-2-1-3-5-7-9-11-13-15-23-25(20,21)22/h1-16H2,(H2,17,18,19)(H2,20,21,22). The van der Waals surface area contributed by atoms with Crippen LogP contribution in [0, 0.1) is 0 Å². The second kappa shape index (κ2) is 15.3. The Morgan fingerprint density at radius 2 is 0.840 bits per heavy atom. The van der Waals surface area contributed by atoms with Gasteiger partial charge in [-0.3, -0.25) is 9.09 Å². The van der Waals surface area contributed by atoms with Gasteiger partial charge in [-0.15, -0.1) is 0 Å². The zero-order chi connectivity index (χ0) is 19.0. The van der Waals surface area contributed by atoms with Crippen molar-refractivity contribution in [2.45, 2.75) is 89.9 Å². The third-order valence-electron chi connectivity index (χ3n) is 4.10. The van der Waals surface area contributed by atoms with E-state index in [2.05, 4.69) is 4.52 Å². The van der Waals surface area contributed by atoms with Crippen LogP contribution in [0.5, 0.6) is 0 Å². The van der Waals surface area contributed by atoms with Crippen molar-refractivity contribution in [1.29, 1.82) is 0 Å². The normalized spacial score (nSPS) is 12.6. The van der Waals surface area contributed by atoms with E-state index in [1.165, 1.54) is 38.5 Å². The molecule has 152 valence electrons. The smallest absolute Gasteiger partial charge is 0.324 e. The molecule has 0 unspecified atom stereocenters.